The van der Waals surface area contributed by atoms with Crippen molar-refractivity contribution in [2.45, 2.75) is 53.2 Å². The summed E-state index contributed by atoms with van der Waals surface area (Å²) < 4.78 is 5.31. The van der Waals surface area contributed by atoms with Crippen molar-refractivity contribution in [1.29, 1.82) is 0 Å². The molecule has 0 saturated carbocycles. The van der Waals surface area contributed by atoms with Gasteiger partial charge in [-0.3, -0.25) is 0 Å². The molecule has 0 aromatic heterocycles. The molecular weight excluding hydrogens is 190 g/mol. The molecule has 0 atom stereocenters. The summed E-state index contributed by atoms with van der Waals surface area (Å²) in [6, 6.07) is 0.122. The van der Waals surface area contributed by atoms with E-state index in [1.807, 2.05) is 41.5 Å². The highest BCUT2D eigenvalue weighted by atomic mass is 16.6. The van der Waals surface area contributed by atoms with Crippen molar-refractivity contribution in [2.24, 2.45) is 0 Å². The van der Waals surface area contributed by atoms with Gasteiger partial charge >= 0.3 is 6.09 Å². The van der Waals surface area contributed by atoms with Crippen LogP contribution >= 0.6 is 0 Å². The van der Waals surface area contributed by atoms with Crippen molar-refractivity contribution >= 4 is 6.09 Å². The Morgan fingerprint density at radius 2 is 1.87 bits per heavy atom. The molecule has 0 bridgehead atoms. The Kier molecular flexibility index (Phi) is 4.85. The van der Waals surface area contributed by atoms with Crippen molar-refractivity contribution in [2.75, 3.05) is 6.54 Å². The summed E-state index contributed by atoms with van der Waals surface area (Å²) in [5.74, 6) is 0. The molecule has 0 unspecified atom stereocenters. The van der Waals surface area contributed by atoms with E-state index in [2.05, 4.69) is 6.58 Å². The highest BCUT2D eigenvalue weighted by molar-refractivity contribution is 5.68. The molecule has 3 nitrogen and oxygen atoms in total. The van der Waals surface area contributed by atoms with Crippen molar-refractivity contribution in [3.8, 4) is 0 Å². The number of carbonyl (C=O) groups is 1. The second-order valence-corrected chi connectivity index (χ2v) is 5.16. The van der Waals surface area contributed by atoms with Crippen molar-refractivity contribution in [3.05, 3.63) is 12.2 Å². The minimum atomic E-state index is -0.445. The molecule has 1 amide bonds. The fraction of sp³-hybridized carbons (Fsp3) is 0.750. The van der Waals surface area contributed by atoms with Crippen molar-refractivity contribution in [1.82, 2.24) is 4.90 Å². The van der Waals surface area contributed by atoms with Gasteiger partial charge in [-0.05, 0) is 41.5 Å². The third kappa shape index (κ3) is 6.15. The third-order valence-corrected chi connectivity index (χ3v) is 1.69. The third-order valence-electron chi connectivity index (χ3n) is 1.69. The average molecular weight is 213 g/mol. The fourth-order valence-corrected chi connectivity index (χ4v) is 1.07. The lowest BCUT2D eigenvalue weighted by atomic mass is 10.2. The first-order chi connectivity index (χ1) is 6.63. The molecule has 3 heteroatoms. The normalized spacial score (nSPS) is 11.4. The van der Waals surface area contributed by atoms with Crippen LogP contribution in [0.3, 0.4) is 0 Å². The molecule has 0 N–H and O–H groups in total. The van der Waals surface area contributed by atoms with Gasteiger partial charge in [0.25, 0.3) is 0 Å². The zero-order valence-corrected chi connectivity index (χ0v) is 10.8. The second-order valence-electron chi connectivity index (χ2n) is 5.16. The van der Waals surface area contributed by atoms with Gasteiger partial charge in [0.15, 0.2) is 0 Å². The lowest BCUT2D eigenvalue weighted by Crippen LogP contribution is -2.41. The summed E-state index contributed by atoms with van der Waals surface area (Å²) in [6.45, 7) is 15.8. The Hall–Kier alpha value is -0.990. The summed E-state index contributed by atoms with van der Waals surface area (Å²) >= 11 is 0. The van der Waals surface area contributed by atoms with E-state index in [-0.39, 0.29) is 12.1 Å². The molecule has 0 aromatic carbocycles. The largest absolute Gasteiger partial charge is 0.444 e. The van der Waals surface area contributed by atoms with Crippen LogP contribution in [0.4, 0.5) is 4.79 Å². The van der Waals surface area contributed by atoms with E-state index < -0.39 is 5.60 Å². The van der Waals surface area contributed by atoms with E-state index in [1.165, 1.54) is 0 Å². The predicted octanol–water partition coefficient (Wildman–Crippen LogP) is 3.21. The smallest absolute Gasteiger partial charge is 0.410 e. The lowest BCUT2D eigenvalue weighted by Gasteiger charge is -2.30. The van der Waals surface area contributed by atoms with Gasteiger partial charge in [0, 0.05) is 12.6 Å². The van der Waals surface area contributed by atoms with E-state index in [0.29, 0.717) is 6.54 Å². The molecule has 0 radical (unpaired) electrons. The van der Waals surface area contributed by atoms with E-state index in [9.17, 15) is 4.79 Å². The molecule has 0 aliphatic heterocycles. The Bertz CT molecular complexity index is 238. The quantitative estimate of drug-likeness (QED) is 0.674. The highest BCUT2D eigenvalue weighted by Gasteiger charge is 2.23. The van der Waals surface area contributed by atoms with Gasteiger partial charge in [-0.15, -0.1) is 0 Å². The highest BCUT2D eigenvalue weighted by Crippen LogP contribution is 2.12. The van der Waals surface area contributed by atoms with E-state index in [4.69, 9.17) is 4.74 Å². The standard InChI is InChI=1S/C12H23NO2/c1-9(2)8-13(10(3)4)11(14)15-12(5,6)7/h10H,1,8H2,2-7H3. The molecule has 15 heavy (non-hydrogen) atoms. The van der Waals surface area contributed by atoms with E-state index >= 15 is 0 Å². The zero-order chi connectivity index (χ0) is 12.2. The number of rotatable bonds is 3. The topological polar surface area (TPSA) is 29.5 Å². The van der Waals surface area contributed by atoms with Crippen LogP contribution in [0, 0.1) is 0 Å². The minimum Gasteiger partial charge on any atom is -0.444 e. The fourth-order valence-electron chi connectivity index (χ4n) is 1.07. The Balaban J connectivity index is 4.50. The summed E-state index contributed by atoms with van der Waals surface area (Å²) in [5, 5.41) is 0. The van der Waals surface area contributed by atoms with Gasteiger partial charge in [0.2, 0.25) is 0 Å². The van der Waals surface area contributed by atoms with Gasteiger partial charge in [-0.25, -0.2) is 4.79 Å². The van der Waals surface area contributed by atoms with Crippen LogP contribution in [0.5, 0.6) is 0 Å². The SMILES string of the molecule is C=C(C)CN(C(=O)OC(C)(C)C)C(C)C. The number of ether oxygens (including phenoxy) is 1. The lowest BCUT2D eigenvalue weighted by molar-refractivity contribution is 0.0211. The first-order valence-electron chi connectivity index (χ1n) is 5.27. The van der Waals surface area contributed by atoms with Crippen molar-refractivity contribution < 1.29 is 9.53 Å². The van der Waals surface area contributed by atoms with Gasteiger partial charge < -0.3 is 9.64 Å². The molecule has 0 saturated heterocycles. The maximum Gasteiger partial charge on any atom is 0.410 e. The monoisotopic (exact) mass is 213 g/mol. The first kappa shape index (κ1) is 14.0. The first-order valence-corrected chi connectivity index (χ1v) is 5.27. The van der Waals surface area contributed by atoms with Gasteiger partial charge in [-0.1, -0.05) is 12.2 Å². The second kappa shape index (κ2) is 5.19. The molecule has 0 aliphatic rings. The van der Waals surface area contributed by atoms with E-state index in [0.717, 1.165) is 5.57 Å². The molecule has 88 valence electrons. The maximum absolute atomic E-state index is 11.8. The predicted molar refractivity (Wildman–Crippen MR) is 62.9 cm³/mol. The van der Waals surface area contributed by atoms with Crippen LogP contribution in [0.15, 0.2) is 12.2 Å². The van der Waals surface area contributed by atoms with Crippen LogP contribution in [0.25, 0.3) is 0 Å². The van der Waals surface area contributed by atoms with Crippen LogP contribution < -0.4 is 0 Å². The molecular formula is C12H23NO2. The number of hydrogen-bond donors (Lipinski definition) is 0. The number of nitrogens with zero attached hydrogens (tertiary/aromatic N) is 1. The van der Waals surface area contributed by atoms with Crippen LogP contribution in [-0.4, -0.2) is 29.2 Å². The molecule has 0 spiro atoms. The number of amides is 1. The molecule has 0 rings (SSSR count). The Labute approximate surface area is 93.1 Å². The molecule has 0 aliphatic carbocycles. The van der Waals surface area contributed by atoms with Gasteiger partial charge in [0.1, 0.15) is 5.60 Å². The summed E-state index contributed by atoms with van der Waals surface area (Å²) in [7, 11) is 0. The van der Waals surface area contributed by atoms with E-state index in [1.54, 1.807) is 4.90 Å². The Morgan fingerprint density at radius 3 is 2.13 bits per heavy atom. The molecule has 0 aromatic rings. The summed E-state index contributed by atoms with van der Waals surface area (Å²) in [4.78, 5) is 13.5. The summed E-state index contributed by atoms with van der Waals surface area (Å²) in [6.07, 6.45) is -0.277. The van der Waals surface area contributed by atoms with Crippen LogP contribution in [-0.2, 0) is 4.74 Å². The van der Waals surface area contributed by atoms with Crippen molar-refractivity contribution in [3.63, 3.8) is 0 Å². The molecule has 0 fully saturated rings. The average Bonchev–Trinajstić information content (AvgIpc) is 1.95. The van der Waals surface area contributed by atoms with Crippen LogP contribution in [0.2, 0.25) is 0 Å². The summed E-state index contributed by atoms with van der Waals surface area (Å²) in [5.41, 5.74) is 0.508. The van der Waals surface area contributed by atoms with Crippen LogP contribution in [0.1, 0.15) is 41.5 Å². The minimum absolute atomic E-state index is 0.122. The number of carbonyl (C=O) groups excluding carboxylic acids is 1. The van der Waals surface area contributed by atoms with Gasteiger partial charge in [0.05, 0.1) is 0 Å². The Morgan fingerprint density at radius 1 is 1.40 bits per heavy atom. The zero-order valence-electron chi connectivity index (χ0n) is 10.8. The van der Waals surface area contributed by atoms with Gasteiger partial charge in [-0.2, -0.15) is 0 Å². The molecule has 0 heterocycles. The number of hydrogen-bond acceptors (Lipinski definition) is 2. The maximum atomic E-state index is 11.8.